The van der Waals surface area contributed by atoms with Crippen LogP contribution in [0.3, 0.4) is 0 Å². The molecule has 10 heavy (non-hydrogen) atoms. The molecule has 0 radical (unpaired) electrons. The summed E-state index contributed by atoms with van der Waals surface area (Å²) in [5.41, 5.74) is -0.276. The van der Waals surface area contributed by atoms with Crippen LogP contribution in [0.4, 0.5) is 0 Å². The van der Waals surface area contributed by atoms with Gasteiger partial charge >= 0.3 is 5.97 Å². The van der Waals surface area contributed by atoms with Crippen LogP contribution in [0.25, 0.3) is 0 Å². The molecule has 0 aliphatic carbocycles. The lowest BCUT2D eigenvalue weighted by Crippen LogP contribution is -2.08. The molecule has 0 saturated heterocycles. The summed E-state index contributed by atoms with van der Waals surface area (Å²) in [5, 5.41) is 19.1. The van der Waals surface area contributed by atoms with Crippen molar-refractivity contribution in [2.24, 2.45) is 0 Å². The lowest BCUT2D eigenvalue weighted by Gasteiger charge is -1.91. The Kier molecular flexibility index (Phi) is 3.73. The Morgan fingerprint density at radius 1 is 1.90 bits per heavy atom. The second-order valence-corrected chi connectivity index (χ2v) is 1.53. The summed E-state index contributed by atoms with van der Waals surface area (Å²) in [6.07, 6.45) is 1.18. The Bertz CT molecular complexity index is 190. The van der Waals surface area contributed by atoms with Crippen LogP contribution in [0, 0.1) is 11.3 Å². The molecule has 54 valence electrons. The standard InChI is InChI=1S/C6H8N2O2/c1-2-8-4-5(3-7)6(9)10/h4,8H,2H2,1H3,(H,9,10). The molecule has 0 heterocycles. The molecule has 0 unspecified atom stereocenters. The number of nitrogens with zero attached hydrogens (tertiary/aromatic N) is 1. The lowest BCUT2D eigenvalue weighted by molar-refractivity contribution is -0.132. The van der Waals surface area contributed by atoms with E-state index in [0.29, 0.717) is 6.54 Å². The van der Waals surface area contributed by atoms with Crippen molar-refractivity contribution >= 4 is 5.97 Å². The minimum Gasteiger partial charge on any atom is -0.477 e. The number of hydrogen-bond donors (Lipinski definition) is 2. The predicted octanol–water partition coefficient (Wildman–Crippen LogP) is 0.0880. The number of rotatable bonds is 3. The van der Waals surface area contributed by atoms with E-state index in [4.69, 9.17) is 10.4 Å². The van der Waals surface area contributed by atoms with Gasteiger partial charge in [-0.3, -0.25) is 0 Å². The normalized spacial score (nSPS) is 10.2. The summed E-state index contributed by atoms with van der Waals surface area (Å²) in [6, 6.07) is 1.54. The summed E-state index contributed by atoms with van der Waals surface area (Å²) >= 11 is 0. The first-order valence-corrected chi connectivity index (χ1v) is 2.79. The maximum Gasteiger partial charge on any atom is 0.347 e. The Hall–Kier alpha value is -1.50. The van der Waals surface area contributed by atoms with E-state index in [9.17, 15) is 4.79 Å². The highest BCUT2D eigenvalue weighted by Crippen LogP contribution is 1.87. The Morgan fingerprint density at radius 2 is 2.50 bits per heavy atom. The van der Waals surface area contributed by atoms with Gasteiger partial charge in [0.25, 0.3) is 0 Å². The van der Waals surface area contributed by atoms with E-state index < -0.39 is 5.97 Å². The number of carbonyl (C=O) groups is 1. The van der Waals surface area contributed by atoms with Gasteiger partial charge in [0.15, 0.2) is 5.57 Å². The molecule has 0 aliphatic rings. The lowest BCUT2D eigenvalue weighted by atomic mass is 10.3. The van der Waals surface area contributed by atoms with Crippen LogP contribution in [-0.2, 0) is 4.79 Å². The molecule has 0 spiro atoms. The van der Waals surface area contributed by atoms with Crippen LogP contribution in [0.1, 0.15) is 6.92 Å². The van der Waals surface area contributed by atoms with Crippen molar-refractivity contribution in [3.63, 3.8) is 0 Å². The molecule has 0 aromatic heterocycles. The Labute approximate surface area is 58.8 Å². The summed E-state index contributed by atoms with van der Waals surface area (Å²) in [7, 11) is 0. The number of nitrogens with one attached hydrogen (secondary N) is 1. The van der Waals surface area contributed by atoms with Gasteiger partial charge in [0.1, 0.15) is 6.07 Å². The summed E-state index contributed by atoms with van der Waals surface area (Å²) in [5.74, 6) is -1.21. The van der Waals surface area contributed by atoms with Crippen molar-refractivity contribution in [2.45, 2.75) is 6.92 Å². The highest BCUT2D eigenvalue weighted by atomic mass is 16.4. The third-order valence-electron chi connectivity index (χ3n) is 0.801. The van der Waals surface area contributed by atoms with Gasteiger partial charge in [-0.25, -0.2) is 4.79 Å². The van der Waals surface area contributed by atoms with Crippen molar-refractivity contribution in [3.05, 3.63) is 11.8 Å². The number of carboxylic acid groups (broad SMARTS) is 1. The Morgan fingerprint density at radius 3 is 2.80 bits per heavy atom. The van der Waals surface area contributed by atoms with Gasteiger partial charge in [-0.15, -0.1) is 0 Å². The first-order valence-electron chi connectivity index (χ1n) is 2.79. The zero-order chi connectivity index (χ0) is 7.98. The summed E-state index contributed by atoms with van der Waals surface area (Å²) in [6.45, 7) is 2.42. The van der Waals surface area contributed by atoms with Gasteiger partial charge in [0, 0.05) is 12.7 Å². The molecule has 4 nitrogen and oxygen atoms in total. The predicted molar refractivity (Wildman–Crippen MR) is 35.0 cm³/mol. The van der Waals surface area contributed by atoms with Gasteiger partial charge in [-0.05, 0) is 6.92 Å². The number of aliphatic carboxylic acids is 1. The molecule has 0 aromatic carbocycles. The molecule has 0 aromatic rings. The van der Waals surface area contributed by atoms with Crippen LogP contribution >= 0.6 is 0 Å². The summed E-state index contributed by atoms with van der Waals surface area (Å²) in [4.78, 5) is 10.1. The topological polar surface area (TPSA) is 73.1 Å². The van der Waals surface area contributed by atoms with Crippen molar-refractivity contribution in [1.29, 1.82) is 5.26 Å². The van der Waals surface area contributed by atoms with E-state index in [2.05, 4.69) is 5.32 Å². The zero-order valence-corrected chi connectivity index (χ0v) is 5.59. The van der Waals surface area contributed by atoms with Crippen molar-refractivity contribution in [2.75, 3.05) is 6.54 Å². The smallest absolute Gasteiger partial charge is 0.347 e. The second kappa shape index (κ2) is 4.39. The maximum atomic E-state index is 10.1. The highest BCUT2D eigenvalue weighted by molar-refractivity contribution is 5.90. The molecule has 0 saturated carbocycles. The van der Waals surface area contributed by atoms with Gasteiger partial charge in [0.2, 0.25) is 0 Å². The van der Waals surface area contributed by atoms with Gasteiger partial charge in [-0.1, -0.05) is 0 Å². The zero-order valence-electron chi connectivity index (χ0n) is 5.59. The average molecular weight is 140 g/mol. The van der Waals surface area contributed by atoms with Gasteiger partial charge in [-0.2, -0.15) is 5.26 Å². The highest BCUT2D eigenvalue weighted by Gasteiger charge is 2.02. The molecule has 0 atom stereocenters. The van der Waals surface area contributed by atoms with Crippen molar-refractivity contribution in [1.82, 2.24) is 5.32 Å². The molecule has 0 bridgehead atoms. The number of hydrogen-bond acceptors (Lipinski definition) is 3. The largest absolute Gasteiger partial charge is 0.477 e. The van der Waals surface area contributed by atoms with Crippen LogP contribution in [0.5, 0.6) is 0 Å². The molecule has 0 fully saturated rings. The maximum absolute atomic E-state index is 10.1. The first kappa shape index (κ1) is 8.50. The fraction of sp³-hybridized carbons (Fsp3) is 0.333. The van der Waals surface area contributed by atoms with Crippen LogP contribution < -0.4 is 5.32 Å². The molecule has 0 aliphatic heterocycles. The fourth-order valence-corrected chi connectivity index (χ4v) is 0.346. The Balaban J connectivity index is 4.09. The molecular formula is C6H8N2O2. The van der Waals surface area contributed by atoms with Gasteiger partial charge < -0.3 is 10.4 Å². The minimum atomic E-state index is -1.21. The quantitative estimate of drug-likeness (QED) is 0.430. The number of nitriles is 1. The average Bonchev–Trinajstić information content (AvgIpc) is 1.89. The minimum absolute atomic E-state index is 0.276. The van der Waals surface area contributed by atoms with Crippen LogP contribution in [0.15, 0.2) is 11.8 Å². The third kappa shape index (κ3) is 2.72. The molecule has 0 amide bonds. The van der Waals surface area contributed by atoms with Crippen LogP contribution in [0.2, 0.25) is 0 Å². The monoisotopic (exact) mass is 140 g/mol. The van der Waals surface area contributed by atoms with E-state index in [1.165, 1.54) is 12.3 Å². The summed E-state index contributed by atoms with van der Waals surface area (Å²) < 4.78 is 0. The molecule has 4 heteroatoms. The number of carboxylic acids is 1. The first-order chi connectivity index (χ1) is 4.72. The molecule has 2 N–H and O–H groups in total. The van der Waals surface area contributed by atoms with Crippen molar-refractivity contribution < 1.29 is 9.90 Å². The van der Waals surface area contributed by atoms with E-state index in [-0.39, 0.29) is 5.57 Å². The van der Waals surface area contributed by atoms with Gasteiger partial charge in [0.05, 0.1) is 0 Å². The second-order valence-electron chi connectivity index (χ2n) is 1.53. The third-order valence-corrected chi connectivity index (χ3v) is 0.801. The molecule has 0 rings (SSSR count). The molecular weight excluding hydrogens is 132 g/mol. The van der Waals surface area contributed by atoms with E-state index in [1.807, 2.05) is 6.92 Å². The van der Waals surface area contributed by atoms with E-state index >= 15 is 0 Å². The van der Waals surface area contributed by atoms with E-state index in [1.54, 1.807) is 0 Å². The van der Waals surface area contributed by atoms with Crippen LogP contribution in [-0.4, -0.2) is 17.6 Å². The fourth-order valence-electron chi connectivity index (χ4n) is 0.346. The van der Waals surface area contributed by atoms with Crippen molar-refractivity contribution in [3.8, 4) is 6.07 Å². The van der Waals surface area contributed by atoms with E-state index in [0.717, 1.165) is 0 Å². The SMILES string of the molecule is CCNC=C(C#N)C(=O)O.